The molecule has 2 N–H and O–H groups in total. The minimum Gasteiger partial charge on any atom is -0.383 e. The quantitative estimate of drug-likeness (QED) is 0.743. The summed E-state index contributed by atoms with van der Waals surface area (Å²) >= 11 is 0. The Bertz CT molecular complexity index is 388. The first-order chi connectivity index (χ1) is 8.97. The van der Waals surface area contributed by atoms with Gasteiger partial charge in [0.2, 0.25) is 0 Å². The van der Waals surface area contributed by atoms with E-state index in [1.54, 1.807) is 7.11 Å². The SMILES string of the molecule is CCCNc1cc(NCCOC)nc(C(C)(C)C)n1. The molecule has 5 heteroatoms. The second-order valence-electron chi connectivity index (χ2n) is 5.56. The molecule has 1 heterocycles. The van der Waals surface area contributed by atoms with E-state index < -0.39 is 0 Å². The highest BCUT2D eigenvalue weighted by Crippen LogP contribution is 2.22. The molecule has 108 valence electrons. The van der Waals surface area contributed by atoms with Crippen LogP contribution in [0.3, 0.4) is 0 Å². The maximum absolute atomic E-state index is 5.03. The van der Waals surface area contributed by atoms with Crippen molar-refractivity contribution in [1.29, 1.82) is 0 Å². The minimum atomic E-state index is -0.0679. The van der Waals surface area contributed by atoms with Crippen LogP contribution in [0.4, 0.5) is 11.6 Å². The third-order valence-electron chi connectivity index (χ3n) is 2.57. The molecule has 0 atom stereocenters. The average Bonchev–Trinajstić information content (AvgIpc) is 2.35. The molecular weight excluding hydrogens is 240 g/mol. The van der Waals surface area contributed by atoms with Gasteiger partial charge in [-0.25, -0.2) is 9.97 Å². The number of rotatable bonds is 7. The highest BCUT2D eigenvalue weighted by molar-refractivity contribution is 5.48. The molecule has 1 aromatic rings. The van der Waals surface area contributed by atoms with Crippen molar-refractivity contribution in [2.24, 2.45) is 0 Å². The van der Waals surface area contributed by atoms with Crippen LogP contribution in [-0.4, -0.2) is 36.8 Å². The fourth-order valence-corrected chi connectivity index (χ4v) is 1.50. The summed E-state index contributed by atoms with van der Waals surface area (Å²) in [6.07, 6.45) is 1.07. The molecule has 5 nitrogen and oxygen atoms in total. The molecule has 0 fully saturated rings. The van der Waals surface area contributed by atoms with Gasteiger partial charge in [-0.15, -0.1) is 0 Å². The fraction of sp³-hybridized carbons (Fsp3) is 0.714. The minimum absolute atomic E-state index is 0.0679. The Morgan fingerprint density at radius 3 is 2.16 bits per heavy atom. The van der Waals surface area contributed by atoms with Gasteiger partial charge in [-0.2, -0.15) is 0 Å². The number of anilines is 2. The molecule has 1 aromatic heterocycles. The van der Waals surface area contributed by atoms with Crippen LogP contribution in [0.15, 0.2) is 6.07 Å². The zero-order valence-corrected chi connectivity index (χ0v) is 12.7. The van der Waals surface area contributed by atoms with Crippen molar-refractivity contribution < 1.29 is 4.74 Å². The van der Waals surface area contributed by atoms with Gasteiger partial charge in [0.25, 0.3) is 0 Å². The van der Waals surface area contributed by atoms with E-state index in [1.807, 2.05) is 6.07 Å². The molecule has 0 unspecified atom stereocenters. The Morgan fingerprint density at radius 2 is 1.68 bits per heavy atom. The second-order valence-corrected chi connectivity index (χ2v) is 5.56. The maximum Gasteiger partial charge on any atom is 0.138 e. The molecule has 0 bridgehead atoms. The van der Waals surface area contributed by atoms with Crippen LogP contribution in [0.2, 0.25) is 0 Å². The topological polar surface area (TPSA) is 59.1 Å². The highest BCUT2D eigenvalue weighted by atomic mass is 16.5. The summed E-state index contributed by atoms with van der Waals surface area (Å²) in [6.45, 7) is 10.8. The van der Waals surface area contributed by atoms with Crippen molar-refractivity contribution in [3.8, 4) is 0 Å². The number of ether oxygens (including phenoxy) is 1. The summed E-state index contributed by atoms with van der Waals surface area (Å²) in [4.78, 5) is 9.14. The van der Waals surface area contributed by atoms with Crippen molar-refractivity contribution in [2.75, 3.05) is 37.4 Å². The van der Waals surface area contributed by atoms with Gasteiger partial charge in [0.15, 0.2) is 0 Å². The van der Waals surface area contributed by atoms with Crippen LogP contribution in [0, 0.1) is 0 Å². The van der Waals surface area contributed by atoms with E-state index in [2.05, 4.69) is 48.3 Å². The van der Waals surface area contributed by atoms with Crippen molar-refractivity contribution in [1.82, 2.24) is 9.97 Å². The van der Waals surface area contributed by atoms with Crippen molar-refractivity contribution in [3.05, 3.63) is 11.9 Å². The molecule has 0 spiro atoms. The average molecular weight is 266 g/mol. The molecule has 0 amide bonds. The predicted octanol–water partition coefficient (Wildman–Crippen LogP) is 2.65. The van der Waals surface area contributed by atoms with Gasteiger partial charge in [0.05, 0.1) is 6.61 Å². The largest absolute Gasteiger partial charge is 0.383 e. The summed E-state index contributed by atoms with van der Waals surface area (Å²) in [6, 6.07) is 1.94. The molecule has 0 aliphatic rings. The van der Waals surface area contributed by atoms with Gasteiger partial charge in [0, 0.05) is 31.7 Å². The van der Waals surface area contributed by atoms with E-state index in [-0.39, 0.29) is 5.41 Å². The van der Waals surface area contributed by atoms with E-state index in [0.717, 1.165) is 37.0 Å². The van der Waals surface area contributed by atoms with E-state index in [0.29, 0.717) is 6.61 Å². The summed E-state index contributed by atoms with van der Waals surface area (Å²) in [5.41, 5.74) is -0.0679. The maximum atomic E-state index is 5.03. The van der Waals surface area contributed by atoms with E-state index >= 15 is 0 Å². The molecule has 0 radical (unpaired) electrons. The summed E-state index contributed by atoms with van der Waals surface area (Å²) in [7, 11) is 1.69. The summed E-state index contributed by atoms with van der Waals surface area (Å²) in [5, 5.41) is 6.57. The van der Waals surface area contributed by atoms with Crippen LogP contribution < -0.4 is 10.6 Å². The summed E-state index contributed by atoms with van der Waals surface area (Å²) < 4.78 is 5.03. The number of methoxy groups -OCH3 is 1. The van der Waals surface area contributed by atoms with Gasteiger partial charge >= 0.3 is 0 Å². The van der Waals surface area contributed by atoms with Crippen LogP contribution in [0.1, 0.15) is 39.9 Å². The monoisotopic (exact) mass is 266 g/mol. The fourth-order valence-electron chi connectivity index (χ4n) is 1.50. The first kappa shape index (κ1) is 15.7. The Hall–Kier alpha value is -1.36. The molecule has 0 aliphatic heterocycles. The van der Waals surface area contributed by atoms with Gasteiger partial charge in [-0.3, -0.25) is 0 Å². The van der Waals surface area contributed by atoms with Crippen LogP contribution in [0.5, 0.6) is 0 Å². The zero-order chi connectivity index (χ0) is 14.3. The Labute approximate surface area is 116 Å². The third kappa shape index (κ3) is 5.42. The third-order valence-corrected chi connectivity index (χ3v) is 2.57. The van der Waals surface area contributed by atoms with Gasteiger partial charge in [-0.1, -0.05) is 27.7 Å². The molecular formula is C14H26N4O. The van der Waals surface area contributed by atoms with Gasteiger partial charge in [0.1, 0.15) is 17.5 Å². The van der Waals surface area contributed by atoms with Crippen LogP contribution in [0.25, 0.3) is 0 Å². The van der Waals surface area contributed by atoms with E-state index in [9.17, 15) is 0 Å². The van der Waals surface area contributed by atoms with E-state index in [1.165, 1.54) is 0 Å². The summed E-state index contributed by atoms with van der Waals surface area (Å²) in [5.74, 6) is 2.56. The van der Waals surface area contributed by atoms with Crippen molar-refractivity contribution in [2.45, 2.75) is 39.5 Å². The van der Waals surface area contributed by atoms with Crippen LogP contribution >= 0.6 is 0 Å². The first-order valence-corrected chi connectivity index (χ1v) is 6.83. The lowest BCUT2D eigenvalue weighted by Gasteiger charge is -2.19. The number of nitrogens with zero attached hydrogens (tertiary/aromatic N) is 2. The van der Waals surface area contributed by atoms with Crippen molar-refractivity contribution >= 4 is 11.6 Å². The lowest BCUT2D eigenvalue weighted by atomic mass is 9.96. The molecule has 1 rings (SSSR count). The standard InChI is InChI=1S/C14H26N4O/c1-6-7-15-11-10-12(16-8-9-19-5)18-13(17-11)14(2,3)4/h10H,6-9H2,1-5H3,(H2,15,16,17,18). The zero-order valence-electron chi connectivity index (χ0n) is 12.7. The lowest BCUT2D eigenvalue weighted by Crippen LogP contribution is -2.19. The van der Waals surface area contributed by atoms with Crippen molar-refractivity contribution in [3.63, 3.8) is 0 Å². The number of hydrogen-bond donors (Lipinski definition) is 2. The van der Waals surface area contributed by atoms with Gasteiger partial charge < -0.3 is 15.4 Å². The molecule has 0 aliphatic carbocycles. The molecule has 0 saturated carbocycles. The Morgan fingerprint density at radius 1 is 1.11 bits per heavy atom. The normalized spacial score (nSPS) is 11.4. The Balaban J connectivity index is 2.89. The number of aromatic nitrogens is 2. The smallest absolute Gasteiger partial charge is 0.138 e. The number of nitrogens with one attached hydrogen (secondary N) is 2. The van der Waals surface area contributed by atoms with Crippen LogP contribution in [-0.2, 0) is 10.2 Å². The highest BCUT2D eigenvalue weighted by Gasteiger charge is 2.19. The molecule has 19 heavy (non-hydrogen) atoms. The predicted molar refractivity (Wildman–Crippen MR) is 79.9 cm³/mol. The van der Waals surface area contributed by atoms with E-state index in [4.69, 9.17) is 4.74 Å². The Kier molecular flexibility index (Phi) is 6.02. The molecule has 0 saturated heterocycles. The first-order valence-electron chi connectivity index (χ1n) is 6.83. The molecule has 0 aromatic carbocycles. The lowest BCUT2D eigenvalue weighted by molar-refractivity contribution is 0.210. The van der Waals surface area contributed by atoms with Gasteiger partial charge in [-0.05, 0) is 6.42 Å². The number of hydrogen-bond acceptors (Lipinski definition) is 5. The second kappa shape index (κ2) is 7.28.